The maximum atomic E-state index is 11.4. The largest absolute Gasteiger partial charge is 0.370 e. The van der Waals surface area contributed by atoms with Gasteiger partial charge in [-0.3, -0.25) is 4.99 Å². The van der Waals surface area contributed by atoms with Crippen LogP contribution in [0.2, 0.25) is 0 Å². The lowest BCUT2D eigenvalue weighted by Crippen LogP contribution is -2.41. The molecule has 0 spiro atoms. The summed E-state index contributed by atoms with van der Waals surface area (Å²) in [7, 11) is -1.52. The molecule has 1 aliphatic carbocycles. The Balaban J connectivity index is 0.00000324. The number of rotatable bonds is 7. The van der Waals surface area contributed by atoms with Gasteiger partial charge in [0.2, 0.25) is 0 Å². The first-order valence-electron chi connectivity index (χ1n) is 6.11. The van der Waals surface area contributed by atoms with Crippen molar-refractivity contribution in [3.8, 4) is 0 Å². The van der Waals surface area contributed by atoms with Crippen LogP contribution in [-0.2, 0) is 10.2 Å². The molecule has 0 heterocycles. The van der Waals surface area contributed by atoms with Gasteiger partial charge in [-0.05, 0) is 26.7 Å². The minimum Gasteiger partial charge on any atom is -0.370 e. The Kier molecular flexibility index (Phi) is 8.17. The van der Waals surface area contributed by atoms with Gasteiger partial charge in [-0.25, -0.2) is 4.72 Å². The molecular formula is C10H24IN5O2S. The molecule has 0 aromatic carbocycles. The zero-order chi connectivity index (χ0) is 13.8. The lowest BCUT2D eigenvalue weighted by atomic mass is 10.4. The van der Waals surface area contributed by atoms with Crippen molar-refractivity contribution in [2.45, 2.75) is 38.8 Å². The summed E-state index contributed by atoms with van der Waals surface area (Å²) in [6.45, 7) is 4.10. The molecule has 1 rings (SSSR count). The van der Waals surface area contributed by atoms with Gasteiger partial charge < -0.3 is 10.6 Å². The molecule has 1 saturated carbocycles. The van der Waals surface area contributed by atoms with Gasteiger partial charge in [-0.15, -0.1) is 24.0 Å². The number of aliphatic imine (C=N–C) groups is 1. The molecule has 0 atom stereocenters. The summed E-state index contributed by atoms with van der Waals surface area (Å²) < 4.78 is 27.7. The summed E-state index contributed by atoms with van der Waals surface area (Å²) >= 11 is 0. The van der Waals surface area contributed by atoms with Crippen molar-refractivity contribution in [2.24, 2.45) is 10.7 Å². The van der Waals surface area contributed by atoms with E-state index in [4.69, 9.17) is 5.73 Å². The molecule has 0 aromatic rings. The topological polar surface area (TPSA) is 99.8 Å². The van der Waals surface area contributed by atoms with Crippen LogP contribution in [0.25, 0.3) is 0 Å². The van der Waals surface area contributed by atoms with Crippen LogP contribution in [0.3, 0.4) is 0 Å². The van der Waals surface area contributed by atoms with E-state index in [0.717, 1.165) is 12.8 Å². The van der Waals surface area contributed by atoms with Gasteiger partial charge >= 0.3 is 0 Å². The molecule has 0 amide bonds. The monoisotopic (exact) mass is 405 g/mol. The minimum atomic E-state index is -3.43. The molecule has 0 saturated heterocycles. The zero-order valence-corrected chi connectivity index (χ0v) is 14.7. The van der Waals surface area contributed by atoms with Gasteiger partial charge in [0.05, 0.1) is 6.54 Å². The number of guanidine groups is 1. The Morgan fingerprint density at radius 3 is 2.53 bits per heavy atom. The van der Waals surface area contributed by atoms with Crippen molar-refractivity contribution in [1.82, 2.24) is 14.3 Å². The summed E-state index contributed by atoms with van der Waals surface area (Å²) in [6, 6.07) is 0.380. The summed E-state index contributed by atoms with van der Waals surface area (Å²) in [5.41, 5.74) is 5.77. The first-order valence-corrected chi connectivity index (χ1v) is 7.60. The Morgan fingerprint density at radius 2 is 2.05 bits per heavy atom. The molecule has 0 aromatic heterocycles. The van der Waals surface area contributed by atoms with Crippen LogP contribution >= 0.6 is 24.0 Å². The maximum absolute atomic E-state index is 11.4. The first kappa shape index (κ1) is 18.9. The van der Waals surface area contributed by atoms with Crippen LogP contribution in [0.5, 0.6) is 0 Å². The van der Waals surface area contributed by atoms with Gasteiger partial charge in [-0.2, -0.15) is 13.1 Å². The van der Waals surface area contributed by atoms with E-state index in [1.165, 1.54) is 0 Å². The van der Waals surface area contributed by atoms with Crippen LogP contribution in [-0.4, -0.2) is 51.5 Å². The molecule has 4 N–H and O–H groups in total. The SMILES string of the molecule is CC(C)NS(=O)(=O)NCCN=C(N)N(C)C1CC1.I. The van der Waals surface area contributed by atoms with Crippen molar-refractivity contribution in [3.63, 3.8) is 0 Å². The lowest BCUT2D eigenvalue weighted by Gasteiger charge is -2.16. The van der Waals surface area contributed by atoms with Gasteiger partial charge in [0.1, 0.15) is 0 Å². The smallest absolute Gasteiger partial charge is 0.277 e. The highest BCUT2D eigenvalue weighted by Gasteiger charge is 2.27. The van der Waals surface area contributed by atoms with Gasteiger partial charge in [0, 0.05) is 25.7 Å². The molecule has 19 heavy (non-hydrogen) atoms. The van der Waals surface area contributed by atoms with E-state index in [9.17, 15) is 8.42 Å². The predicted molar refractivity (Wildman–Crippen MR) is 87.9 cm³/mol. The van der Waals surface area contributed by atoms with E-state index in [2.05, 4.69) is 14.4 Å². The zero-order valence-electron chi connectivity index (χ0n) is 11.6. The number of nitrogens with two attached hydrogens (primary N) is 1. The van der Waals surface area contributed by atoms with Gasteiger partial charge in [0.15, 0.2) is 5.96 Å². The Bertz CT molecular complexity index is 395. The van der Waals surface area contributed by atoms with Crippen LogP contribution in [0.15, 0.2) is 4.99 Å². The van der Waals surface area contributed by atoms with Crippen molar-refractivity contribution in [1.29, 1.82) is 0 Å². The second kappa shape index (κ2) is 8.22. The highest BCUT2D eigenvalue weighted by molar-refractivity contribution is 14.0. The highest BCUT2D eigenvalue weighted by Crippen LogP contribution is 2.24. The molecule has 0 radical (unpaired) electrons. The molecule has 1 aliphatic rings. The van der Waals surface area contributed by atoms with Crippen LogP contribution < -0.4 is 15.2 Å². The number of nitrogens with zero attached hydrogens (tertiary/aromatic N) is 2. The van der Waals surface area contributed by atoms with Gasteiger partial charge in [-0.1, -0.05) is 0 Å². The normalized spacial score (nSPS) is 16.3. The van der Waals surface area contributed by atoms with Crippen molar-refractivity contribution in [2.75, 3.05) is 20.1 Å². The van der Waals surface area contributed by atoms with Crippen LogP contribution in [0.4, 0.5) is 0 Å². The fraction of sp³-hybridized carbons (Fsp3) is 0.900. The molecule has 1 fully saturated rings. The van der Waals surface area contributed by atoms with Crippen molar-refractivity contribution < 1.29 is 8.42 Å². The maximum Gasteiger partial charge on any atom is 0.277 e. The lowest BCUT2D eigenvalue weighted by molar-refractivity contribution is 0.487. The molecule has 7 nitrogen and oxygen atoms in total. The third kappa shape index (κ3) is 7.90. The van der Waals surface area contributed by atoms with E-state index >= 15 is 0 Å². The van der Waals surface area contributed by atoms with Crippen molar-refractivity contribution in [3.05, 3.63) is 0 Å². The summed E-state index contributed by atoms with van der Waals surface area (Å²) in [4.78, 5) is 6.06. The number of hydrogen-bond donors (Lipinski definition) is 3. The van der Waals surface area contributed by atoms with E-state index in [1.807, 2.05) is 11.9 Å². The number of halogens is 1. The molecule has 114 valence electrons. The van der Waals surface area contributed by atoms with Crippen molar-refractivity contribution >= 4 is 40.1 Å². The average Bonchev–Trinajstić information content (AvgIpc) is 3.04. The van der Waals surface area contributed by atoms with E-state index in [0.29, 0.717) is 18.5 Å². The number of nitrogens with one attached hydrogen (secondary N) is 2. The standard InChI is InChI=1S/C10H23N5O2S.HI/c1-8(2)14-18(16,17)13-7-6-12-10(11)15(3)9-4-5-9;/h8-9,13-14H,4-7H2,1-3H3,(H2,11,12);1H. The number of hydrogen-bond acceptors (Lipinski definition) is 3. The molecular weight excluding hydrogens is 381 g/mol. The first-order chi connectivity index (χ1) is 8.32. The Labute approximate surface area is 132 Å². The summed E-state index contributed by atoms with van der Waals surface area (Å²) in [6.07, 6.45) is 2.30. The van der Waals surface area contributed by atoms with E-state index in [-0.39, 0.29) is 36.6 Å². The molecule has 0 bridgehead atoms. The molecule has 0 unspecified atom stereocenters. The Morgan fingerprint density at radius 1 is 1.47 bits per heavy atom. The Hall–Kier alpha value is -0.130. The summed E-state index contributed by atoms with van der Waals surface area (Å²) in [5.74, 6) is 0.466. The third-order valence-corrected chi connectivity index (χ3v) is 3.89. The van der Waals surface area contributed by atoms with Crippen LogP contribution in [0.1, 0.15) is 26.7 Å². The molecule has 9 heteroatoms. The fourth-order valence-electron chi connectivity index (χ4n) is 1.46. The fourth-order valence-corrected chi connectivity index (χ4v) is 2.53. The second-order valence-corrected chi connectivity index (χ2v) is 6.28. The summed E-state index contributed by atoms with van der Waals surface area (Å²) in [5, 5.41) is 0. The van der Waals surface area contributed by atoms with Gasteiger partial charge in [0.25, 0.3) is 10.2 Å². The highest BCUT2D eigenvalue weighted by atomic mass is 127. The van der Waals surface area contributed by atoms with E-state index in [1.54, 1.807) is 13.8 Å². The molecule has 0 aliphatic heterocycles. The second-order valence-electron chi connectivity index (χ2n) is 4.75. The average molecular weight is 405 g/mol. The minimum absolute atomic E-state index is 0. The van der Waals surface area contributed by atoms with E-state index < -0.39 is 10.2 Å². The quantitative estimate of drug-likeness (QED) is 0.237. The third-order valence-electron chi connectivity index (χ3n) is 2.52. The van der Waals surface area contributed by atoms with Crippen LogP contribution in [0, 0.1) is 0 Å². The predicted octanol–water partition coefficient (Wildman–Crippen LogP) is -0.154.